The number of benzene rings is 2. The third kappa shape index (κ3) is 7.41. The number of unbranched alkanes of at least 4 members (excludes halogenated alkanes) is 2. The van der Waals surface area contributed by atoms with Crippen LogP contribution < -0.4 is 10.6 Å². The molecule has 0 radical (unpaired) electrons. The van der Waals surface area contributed by atoms with Gasteiger partial charge in [0.25, 0.3) is 11.4 Å². The van der Waals surface area contributed by atoms with Crippen molar-refractivity contribution >= 4 is 45.9 Å². The minimum atomic E-state index is -1.46. The summed E-state index contributed by atoms with van der Waals surface area (Å²) >= 11 is 0. The molecule has 0 spiro atoms. The van der Waals surface area contributed by atoms with Gasteiger partial charge < -0.3 is 10.6 Å². The molecule has 0 aliphatic heterocycles. The lowest BCUT2D eigenvalue weighted by Crippen LogP contribution is -2.14. The Kier molecular flexibility index (Phi) is 9.11. The van der Waals surface area contributed by atoms with Crippen LogP contribution in [0.1, 0.15) is 32.1 Å². The van der Waals surface area contributed by atoms with E-state index in [1.54, 1.807) is 0 Å². The predicted octanol–water partition coefficient (Wildman–Crippen LogP) is 4.13. The van der Waals surface area contributed by atoms with Crippen LogP contribution in [0.4, 0.5) is 42.9 Å². The Hall–Kier alpha value is -5.16. The molecule has 0 aliphatic rings. The Morgan fingerprint density at radius 2 is 0.973 bits per heavy atom. The smallest absolute Gasteiger partial charge is 0.313 e. The topological polar surface area (TPSA) is 231 Å². The molecule has 2 aromatic carbocycles. The molecule has 16 nitrogen and oxygen atoms in total. The fourth-order valence-corrected chi connectivity index (χ4v) is 3.02. The highest BCUT2D eigenvalue weighted by Crippen LogP contribution is 2.32. The lowest BCUT2D eigenvalue weighted by Gasteiger charge is -2.08. The number of carbonyl (C=O) groups excluding carboxylic acids is 2. The molecule has 0 atom stereocenters. The summed E-state index contributed by atoms with van der Waals surface area (Å²) < 4.78 is 28.4. The van der Waals surface area contributed by atoms with E-state index in [1.165, 1.54) is 0 Å². The van der Waals surface area contributed by atoms with Gasteiger partial charge in [-0.3, -0.25) is 50.0 Å². The van der Waals surface area contributed by atoms with Crippen LogP contribution in [0.3, 0.4) is 0 Å². The third-order valence-electron chi connectivity index (χ3n) is 4.75. The van der Waals surface area contributed by atoms with E-state index in [2.05, 4.69) is 0 Å². The summed E-state index contributed by atoms with van der Waals surface area (Å²) in [6.07, 6.45) is 0.00522. The molecule has 0 saturated carbocycles. The van der Waals surface area contributed by atoms with E-state index in [9.17, 15) is 58.8 Å². The van der Waals surface area contributed by atoms with Crippen LogP contribution in [-0.2, 0) is 9.59 Å². The first-order valence-corrected chi connectivity index (χ1v) is 10.2. The lowest BCUT2D eigenvalue weighted by molar-refractivity contribution is -0.395. The molecule has 0 unspecified atom stereocenters. The number of nitrogens with zero attached hydrogens (tertiary/aromatic N) is 4. The van der Waals surface area contributed by atoms with Crippen LogP contribution in [-0.4, -0.2) is 31.5 Å². The summed E-state index contributed by atoms with van der Waals surface area (Å²) in [7, 11) is 0. The van der Waals surface area contributed by atoms with Gasteiger partial charge in [0.15, 0.2) is 0 Å². The van der Waals surface area contributed by atoms with Crippen LogP contribution in [0.2, 0.25) is 0 Å². The molecule has 196 valence electrons. The van der Waals surface area contributed by atoms with Gasteiger partial charge in [-0.2, -0.15) is 8.78 Å². The molecule has 0 aliphatic carbocycles. The molecule has 2 amide bonds. The van der Waals surface area contributed by atoms with Crippen molar-refractivity contribution in [2.24, 2.45) is 0 Å². The van der Waals surface area contributed by atoms with Crippen molar-refractivity contribution in [3.05, 3.63) is 76.4 Å². The zero-order valence-electron chi connectivity index (χ0n) is 18.5. The molecular weight excluding hydrogens is 510 g/mol. The molecule has 0 aromatic heterocycles. The molecule has 0 saturated heterocycles. The first-order valence-electron chi connectivity index (χ1n) is 10.2. The Morgan fingerprint density at radius 3 is 1.27 bits per heavy atom. The first-order chi connectivity index (χ1) is 17.3. The van der Waals surface area contributed by atoms with Crippen molar-refractivity contribution in [1.29, 1.82) is 0 Å². The lowest BCUT2D eigenvalue weighted by atomic mass is 10.1. The van der Waals surface area contributed by atoms with Gasteiger partial charge in [0.2, 0.25) is 23.4 Å². The van der Waals surface area contributed by atoms with Crippen LogP contribution >= 0.6 is 0 Å². The summed E-state index contributed by atoms with van der Waals surface area (Å²) in [6, 6.07) is 2.07. The number of amides is 2. The Labute approximate surface area is 203 Å². The van der Waals surface area contributed by atoms with Crippen LogP contribution in [0, 0.1) is 52.1 Å². The number of hydrogen-bond acceptors (Lipinski definition) is 10. The number of halogens is 2. The van der Waals surface area contributed by atoms with E-state index in [1.807, 2.05) is 10.6 Å². The zero-order chi connectivity index (χ0) is 27.9. The highest BCUT2D eigenvalue weighted by molar-refractivity contribution is 5.92. The van der Waals surface area contributed by atoms with Crippen molar-refractivity contribution in [1.82, 2.24) is 0 Å². The minimum Gasteiger partial charge on any atom is -0.323 e. The monoisotopic (exact) mass is 526 g/mol. The quantitative estimate of drug-likeness (QED) is 0.228. The van der Waals surface area contributed by atoms with E-state index in [4.69, 9.17) is 0 Å². The van der Waals surface area contributed by atoms with E-state index in [0.717, 1.165) is 0 Å². The molecule has 37 heavy (non-hydrogen) atoms. The summed E-state index contributed by atoms with van der Waals surface area (Å²) in [4.78, 5) is 63.2. The molecule has 0 bridgehead atoms. The second kappa shape index (κ2) is 12.0. The van der Waals surface area contributed by atoms with Crippen molar-refractivity contribution in [2.75, 3.05) is 10.6 Å². The molecular formula is C19H16F2N6O10. The number of carbonyl (C=O) groups is 2. The summed E-state index contributed by atoms with van der Waals surface area (Å²) in [6.45, 7) is 0. The van der Waals surface area contributed by atoms with Gasteiger partial charge in [-0.15, -0.1) is 0 Å². The van der Waals surface area contributed by atoms with Gasteiger partial charge in [0.1, 0.15) is 0 Å². The number of hydrogen-bond donors (Lipinski definition) is 2. The standard InChI is InChI=1S/C19H16F2N6O10/c20-18-12(6-10(24(30)31)8-14(18)26(34)35)22-16(28)4-2-1-3-5-17(29)23-13-7-11(25(32)33)9-15(19(13)21)27(36)37/h6-9H,1-5H2,(H,22,28)(H,23,29). The zero-order valence-corrected chi connectivity index (χ0v) is 18.5. The number of rotatable bonds is 12. The fourth-order valence-electron chi connectivity index (χ4n) is 3.02. The molecule has 0 fully saturated rings. The Bertz CT molecular complexity index is 1210. The summed E-state index contributed by atoms with van der Waals surface area (Å²) in [5.41, 5.74) is -5.50. The van der Waals surface area contributed by atoms with Gasteiger partial charge in [0, 0.05) is 25.0 Å². The van der Waals surface area contributed by atoms with Crippen molar-refractivity contribution in [3.8, 4) is 0 Å². The van der Waals surface area contributed by atoms with Gasteiger partial charge >= 0.3 is 11.4 Å². The summed E-state index contributed by atoms with van der Waals surface area (Å²) in [5.74, 6) is -4.56. The molecule has 0 heterocycles. The number of nitro benzene ring substituents is 4. The maximum atomic E-state index is 14.2. The van der Waals surface area contributed by atoms with Crippen LogP contribution in [0.15, 0.2) is 24.3 Å². The second-order valence-electron chi connectivity index (χ2n) is 7.34. The Morgan fingerprint density at radius 1 is 0.622 bits per heavy atom. The van der Waals surface area contributed by atoms with Crippen LogP contribution in [0.25, 0.3) is 0 Å². The molecule has 18 heteroatoms. The van der Waals surface area contributed by atoms with Crippen molar-refractivity contribution in [2.45, 2.75) is 32.1 Å². The van der Waals surface area contributed by atoms with E-state index >= 15 is 0 Å². The number of nitro groups is 4. The maximum absolute atomic E-state index is 14.2. The number of non-ortho nitro benzene ring substituents is 2. The minimum absolute atomic E-state index is 0.133. The highest BCUT2D eigenvalue weighted by atomic mass is 19.1. The SMILES string of the molecule is O=C(CCCCCC(=O)Nc1cc([N+](=O)[O-])cc([N+](=O)[O-])c1F)Nc1cc([N+](=O)[O-])cc([N+](=O)[O-])c1F. The normalized spacial score (nSPS) is 10.4. The first kappa shape index (κ1) is 28.1. The molecule has 2 rings (SSSR count). The Balaban J connectivity index is 1.90. The number of nitrogens with one attached hydrogen (secondary N) is 2. The van der Waals surface area contributed by atoms with Gasteiger partial charge in [-0.05, 0) is 12.8 Å². The van der Waals surface area contributed by atoms with Gasteiger partial charge in [0.05, 0.1) is 43.2 Å². The van der Waals surface area contributed by atoms with E-state index < -0.39 is 77.3 Å². The molecule has 2 N–H and O–H groups in total. The van der Waals surface area contributed by atoms with E-state index in [-0.39, 0.29) is 32.1 Å². The van der Waals surface area contributed by atoms with Crippen LogP contribution in [0.5, 0.6) is 0 Å². The average molecular weight is 526 g/mol. The van der Waals surface area contributed by atoms with Crippen molar-refractivity contribution in [3.63, 3.8) is 0 Å². The maximum Gasteiger partial charge on any atom is 0.313 e. The van der Waals surface area contributed by atoms with Crippen molar-refractivity contribution < 1.29 is 38.1 Å². The van der Waals surface area contributed by atoms with E-state index in [0.29, 0.717) is 24.3 Å². The second-order valence-corrected chi connectivity index (χ2v) is 7.34. The molecule has 2 aromatic rings. The fraction of sp³-hybridized carbons (Fsp3) is 0.263. The third-order valence-corrected chi connectivity index (χ3v) is 4.75. The largest absolute Gasteiger partial charge is 0.323 e. The highest BCUT2D eigenvalue weighted by Gasteiger charge is 2.26. The number of anilines is 2. The summed E-state index contributed by atoms with van der Waals surface area (Å²) in [5, 5.41) is 47.6. The van der Waals surface area contributed by atoms with Gasteiger partial charge in [-0.1, -0.05) is 6.42 Å². The predicted molar refractivity (Wildman–Crippen MR) is 120 cm³/mol. The van der Waals surface area contributed by atoms with Gasteiger partial charge in [-0.25, -0.2) is 0 Å². The average Bonchev–Trinajstić information content (AvgIpc) is 2.80.